The molecule has 3 rings (SSSR count). The van der Waals surface area contributed by atoms with Crippen LogP contribution in [-0.4, -0.2) is 20.9 Å². The fourth-order valence-electron chi connectivity index (χ4n) is 2.35. The van der Waals surface area contributed by atoms with Gasteiger partial charge in [-0.05, 0) is 12.3 Å². The van der Waals surface area contributed by atoms with E-state index >= 15 is 0 Å². The summed E-state index contributed by atoms with van der Waals surface area (Å²) in [6, 6.07) is 0. The number of carbonyl (C=O) groups is 1. The number of carboxylic acids is 1. The van der Waals surface area contributed by atoms with Crippen LogP contribution in [0.2, 0.25) is 5.15 Å². The molecule has 1 N–H and O–H groups in total. The first-order valence-electron chi connectivity index (χ1n) is 4.79. The minimum atomic E-state index is -2.95. The second-order valence-corrected chi connectivity index (χ2v) is 4.53. The summed E-state index contributed by atoms with van der Waals surface area (Å²) >= 11 is 5.87. The van der Waals surface area contributed by atoms with Crippen LogP contribution in [0.1, 0.15) is 23.6 Å². The molecular weight excluding hydrogens is 242 g/mol. The van der Waals surface area contributed by atoms with Gasteiger partial charge in [-0.1, -0.05) is 11.6 Å². The van der Waals surface area contributed by atoms with E-state index in [-0.39, 0.29) is 16.8 Å². The molecule has 2 atom stereocenters. The Labute approximate surface area is 93.8 Å². The van der Waals surface area contributed by atoms with Gasteiger partial charge >= 0.3 is 5.97 Å². The lowest BCUT2D eigenvalue weighted by Gasteiger charge is -2.08. The molecule has 1 heterocycles. The Hall–Kier alpha value is -1.17. The maximum Gasteiger partial charge on any atom is 0.325 e. The van der Waals surface area contributed by atoms with Crippen molar-refractivity contribution in [1.82, 2.24) is 9.78 Å². The second-order valence-electron chi connectivity index (χ2n) is 4.18. The number of carboxylic acid groups (broad SMARTS) is 1. The highest BCUT2D eigenvalue weighted by Gasteiger charge is 2.66. The van der Waals surface area contributed by atoms with Crippen molar-refractivity contribution >= 4 is 17.6 Å². The smallest absolute Gasteiger partial charge is 0.325 e. The summed E-state index contributed by atoms with van der Waals surface area (Å²) in [4.78, 5) is 10.5. The minimum absolute atomic E-state index is 0.0436. The zero-order valence-corrected chi connectivity index (χ0v) is 8.71. The number of hydrogen-bond acceptors (Lipinski definition) is 2. The van der Waals surface area contributed by atoms with Gasteiger partial charge in [0.05, 0.1) is 0 Å². The Morgan fingerprint density at radius 2 is 2.38 bits per heavy atom. The number of nitrogens with zero attached hydrogens (tertiary/aromatic N) is 2. The number of alkyl halides is 2. The number of hydrogen-bond donors (Lipinski definition) is 1. The molecule has 1 fully saturated rings. The van der Waals surface area contributed by atoms with Crippen molar-refractivity contribution in [1.29, 1.82) is 0 Å². The van der Waals surface area contributed by atoms with Gasteiger partial charge in [0.1, 0.15) is 17.4 Å². The van der Waals surface area contributed by atoms with Gasteiger partial charge in [-0.15, -0.1) is 0 Å². The molecule has 0 saturated heterocycles. The van der Waals surface area contributed by atoms with Gasteiger partial charge in [0.25, 0.3) is 5.92 Å². The second kappa shape index (κ2) is 2.74. The van der Waals surface area contributed by atoms with Crippen molar-refractivity contribution in [3.05, 3.63) is 16.4 Å². The van der Waals surface area contributed by atoms with Crippen molar-refractivity contribution in [2.75, 3.05) is 0 Å². The van der Waals surface area contributed by atoms with Crippen LogP contribution >= 0.6 is 11.6 Å². The Balaban J connectivity index is 2.09. The maximum absolute atomic E-state index is 13.6. The molecule has 1 saturated carbocycles. The predicted molar refractivity (Wildman–Crippen MR) is 49.6 cm³/mol. The van der Waals surface area contributed by atoms with Gasteiger partial charge in [0.2, 0.25) is 0 Å². The lowest BCUT2D eigenvalue weighted by molar-refractivity contribution is -0.137. The summed E-state index contributed by atoms with van der Waals surface area (Å²) in [5.74, 6) is -5.02. The van der Waals surface area contributed by atoms with E-state index in [4.69, 9.17) is 16.7 Å². The topological polar surface area (TPSA) is 55.1 Å². The van der Waals surface area contributed by atoms with Gasteiger partial charge in [0.15, 0.2) is 0 Å². The zero-order valence-electron chi connectivity index (χ0n) is 7.95. The number of aliphatic carboxylic acids is 1. The summed E-state index contributed by atoms with van der Waals surface area (Å²) in [7, 11) is 0. The fourth-order valence-corrected chi connectivity index (χ4v) is 2.68. The van der Waals surface area contributed by atoms with Crippen molar-refractivity contribution in [3.63, 3.8) is 0 Å². The largest absolute Gasteiger partial charge is 0.480 e. The van der Waals surface area contributed by atoms with Crippen LogP contribution in [0.5, 0.6) is 0 Å². The van der Waals surface area contributed by atoms with Crippen molar-refractivity contribution < 1.29 is 18.7 Å². The lowest BCUT2D eigenvalue weighted by atomic mass is 10.2. The van der Waals surface area contributed by atoms with E-state index < -0.39 is 24.4 Å². The number of halogens is 3. The summed E-state index contributed by atoms with van der Waals surface area (Å²) in [5.41, 5.74) is 0.0120. The number of rotatable bonds is 2. The van der Waals surface area contributed by atoms with E-state index in [1.54, 1.807) is 0 Å². The Kier molecular flexibility index (Phi) is 1.71. The highest BCUT2D eigenvalue weighted by atomic mass is 35.5. The van der Waals surface area contributed by atoms with Crippen molar-refractivity contribution in [2.24, 2.45) is 5.92 Å². The lowest BCUT2D eigenvalue weighted by Crippen LogP contribution is -2.17. The molecule has 0 radical (unpaired) electrons. The van der Waals surface area contributed by atoms with Crippen LogP contribution < -0.4 is 0 Å². The predicted octanol–water partition coefficient (Wildman–Crippen LogP) is 1.83. The summed E-state index contributed by atoms with van der Waals surface area (Å²) in [6.45, 7) is -0.487. The average Bonchev–Trinajstić information content (AvgIpc) is 2.84. The van der Waals surface area contributed by atoms with Crippen molar-refractivity contribution in [2.45, 2.75) is 24.8 Å². The third kappa shape index (κ3) is 1.08. The standard InChI is InChI=1S/C9H7ClF2N2O2/c10-8-6-3-1-4(3)9(11,12)7(6)13-14(8)2-5(15)16/h3-4H,1-2H2,(H,15,16)/t3?,4-/m1/s1. The molecule has 0 spiro atoms. The van der Waals surface area contributed by atoms with E-state index in [2.05, 4.69) is 5.10 Å². The molecule has 2 aliphatic carbocycles. The van der Waals surface area contributed by atoms with E-state index in [1.807, 2.05) is 0 Å². The van der Waals surface area contributed by atoms with Crippen LogP contribution in [0.25, 0.3) is 0 Å². The van der Waals surface area contributed by atoms with Crippen LogP contribution in [0.4, 0.5) is 8.78 Å². The molecule has 1 unspecified atom stereocenters. The number of aromatic nitrogens is 2. The molecule has 1 aromatic heterocycles. The normalized spacial score (nSPS) is 28.7. The maximum atomic E-state index is 13.6. The highest BCUT2D eigenvalue weighted by molar-refractivity contribution is 6.30. The molecule has 0 amide bonds. The van der Waals surface area contributed by atoms with Gasteiger partial charge in [-0.25, -0.2) is 4.68 Å². The summed E-state index contributed by atoms with van der Waals surface area (Å²) in [5, 5.41) is 12.2. The Morgan fingerprint density at radius 1 is 1.69 bits per heavy atom. The van der Waals surface area contributed by atoms with Gasteiger partial charge < -0.3 is 5.11 Å². The van der Waals surface area contributed by atoms with E-state index in [9.17, 15) is 13.6 Å². The molecule has 4 nitrogen and oxygen atoms in total. The first-order chi connectivity index (χ1) is 7.43. The number of fused-ring (bicyclic) bond motifs is 3. The quantitative estimate of drug-likeness (QED) is 0.869. The molecular formula is C9H7ClF2N2O2. The molecule has 2 aliphatic rings. The van der Waals surface area contributed by atoms with Crippen molar-refractivity contribution in [3.8, 4) is 0 Å². The first-order valence-corrected chi connectivity index (χ1v) is 5.17. The summed E-state index contributed by atoms with van der Waals surface area (Å²) in [6.07, 6.45) is 0.415. The minimum Gasteiger partial charge on any atom is -0.480 e. The molecule has 0 aliphatic heterocycles. The van der Waals surface area contributed by atoms with Gasteiger partial charge in [-0.3, -0.25) is 4.79 Å². The van der Waals surface area contributed by atoms with Gasteiger partial charge in [-0.2, -0.15) is 13.9 Å². The van der Waals surface area contributed by atoms with Crippen LogP contribution in [0, 0.1) is 5.92 Å². The third-order valence-corrected chi connectivity index (χ3v) is 3.55. The zero-order chi connectivity index (χ0) is 11.7. The van der Waals surface area contributed by atoms with Gasteiger partial charge in [0, 0.05) is 11.5 Å². The monoisotopic (exact) mass is 248 g/mol. The average molecular weight is 249 g/mol. The van der Waals surface area contributed by atoms with E-state index in [1.165, 1.54) is 0 Å². The molecule has 86 valence electrons. The SMILES string of the molecule is O=C(O)Cn1nc2c(c1Cl)C1C[C@H]1C2(F)F. The first kappa shape index (κ1) is 10.0. The molecule has 0 bridgehead atoms. The van der Waals surface area contributed by atoms with Crippen LogP contribution in [0.3, 0.4) is 0 Å². The van der Waals surface area contributed by atoms with E-state index in [0.717, 1.165) is 4.68 Å². The summed E-state index contributed by atoms with van der Waals surface area (Å²) < 4.78 is 28.2. The third-order valence-electron chi connectivity index (χ3n) is 3.15. The molecule has 16 heavy (non-hydrogen) atoms. The highest BCUT2D eigenvalue weighted by Crippen LogP contribution is 2.67. The Bertz CT molecular complexity index is 500. The fraction of sp³-hybridized carbons (Fsp3) is 0.556. The van der Waals surface area contributed by atoms with E-state index in [0.29, 0.717) is 12.0 Å². The van der Waals surface area contributed by atoms with Crippen LogP contribution in [-0.2, 0) is 17.3 Å². The molecule has 0 aromatic carbocycles. The Morgan fingerprint density at radius 3 is 2.94 bits per heavy atom. The molecule has 1 aromatic rings. The molecule has 7 heteroatoms. The van der Waals surface area contributed by atoms with Crippen LogP contribution in [0.15, 0.2) is 0 Å².